The Morgan fingerprint density at radius 3 is 2.83 bits per heavy atom. The molecule has 2 N–H and O–H groups in total. The van der Waals surface area contributed by atoms with Crippen molar-refractivity contribution in [1.29, 1.82) is 0 Å². The highest BCUT2D eigenvalue weighted by molar-refractivity contribution is 5.92. The molecule has 0 saturated carbocycles. The molecule has 9 nitrogen and oxygen atoms in total. The summed E-state index contributed by atoms with van der Waals surface area (Å²) < 4.78 is 3.60. The van der Waals surface area contributed by atoms with Crippen LogP contribution in [0.3, 0.4) is 0 Å². The molecule has 0 aromatic carbocycles. The van der Waals surface area contributed by atoms with E-state index in [0.717, 1.165) is 24.2 Å². The van der Waals surface area contributed by atoms with Crippen LogP contribution < -0.4 is 11.3 Å². The molecule has 0 radical (unpaired) electrons. The first-order valence-electron chi connectivity index (χ1n) is 10.2. The topological polar surface area (TPSA) is 112 Å². The number of anilines is 1. The maximum Gasteiger partial charge on any atom is 0.274 e. The summed E-state index contributed by atoms with van der Waals surface area (Å²) in [7, 11) is 0. The number of aromatic nitrogens is 5. The first kappa shape index (κ1) is 18.5. The van der Waals surface area contributed by atoms with Crippen molar-refractivity contribution in [2.75, 3.05) is 18.8 Å². The zero-order chi connectivity index (χ0) is 20.8. The molecule has 2 aliphatic rings. The van der Waals surface area contributed by atoms with Crippen LogP contribution in [0.25, 0.3) is 11.3 Å². The smallest absolute Gasteiger partial charge is 0.274 e. The van der Waals surface area contributed by atoms with Crippen LogP contribution in [-0.4, -0.2) is 48.2 Å². The Morgan fingerprint density at radius 1 is 1.20 bits per heavy atom. The van der Waals surface area contributed by atoms with Crippen molar-refractivity contribution in [3.05, 3.63) is 58.5 Å². The van der Waals surface area contributed by atoms with Gasteiger partial charge in [0.25, 0.3) is 11.5 Å². The Bertz CT molecular complexity index is 1180. The van der Waals surface area contributed by atoms with Gasteiger partial charge in [0, 0.05) is 61.7 Å². The fraction of sp³-hybridized carbons (Fsp3) is 0.381. The van der Waals surface area contributed by atoms with E-state index < -0.39 is 0 Å². The highest BCUT2D eigenvalue weighted by atomic mass is 16.2. The van der Waals surface area contributed by atoms with Crippen LogP contribution in [0.1, 0.15) is 35.4 Å². The molecule has 154 valence electrons. The van der Waals surface area contributed by atoms with Crippen LogP contribution in [-0.2, 0) is 13.1 Å². The molecule has 2 atom stereocenters. The predicted octanol–water partition coefficient (Wildman–Crippen LogP) is 1.36. The number of hydrogen-bond acceptors (Lipinski definition) is 6. The van der Waals surface area contributed by atoms with Gasteiger partial charge < -0.3 is 15.2 Å². The van der Waals surface area contributed by atoms with E-state index in [2.05, 4.69) is 15.1 Å². The molecule has 2 aliphatic heterocycles. The first-order valence-corrected chi connectivity index (χ1v) is 10.2. The van der Waals surface area contributed by atoms with Gasteiger partial charge in [-0.3, -0.25) is 14.3 Å². The van der Waals surface area contributed by atoms with Crippen LogP contribution in [0.5, 0.6) is 0 Å². The van der Waals surface area contributed by atoms with Gasteiger partial charge in [-0.25, -0.2) is 9.97 Å². The minimum atomic E-state index is -0.0487. The number of likely N-dealkylation sites (tertiary alicyclic amines) is 1. The van der Waals surface area contributed by atoms with E-state index in [1.165, 1.54) is 6.33 Å². The molecule has 0 spiro atoms. The van der Waals surface area contributed by atoms with Crippen LogP contribution in [0.15, 0.2) is 41.6 Å². The fourth-order valence-electron chi connectivity index (χ4n) is 4.62. The second kappa shape index (κ2) is 7.08. The maximum atomic E-state index is 13.0. The van der Waals surface area contributed by atoms with Crippen molar-refractivity contribution >= 4 is 11.7 Å². The molecule has 5 rings (SSSR count). The average Bonchev–Trinajstić information content (AvgIpc) is 3.23. The highest BCUT2D eigenvalue weighted by Crippen LogP contribution is 2.36. The maximum absolute atomic E-state index is 13.0. The normalized spacial score (nSPS) is 20.1. The first-order chi connectivity index (χ1) is 14.5. The summed E-state index contributed by atoms with van der Waals surface area (Å²) in [6.07, 6.45) is 4.18. The largest absolute Gasteiger partial charge is 0.384 e. The summed E-state index contributed by atoms with van der Waals surface area (Å²) in [5.41, 5.74) is 8.51. The summed E-state index contributed by atoms with van der Waals surface area (Å²) in [5.74, 6) is 0.666. The molecule has 1 amide bonds. The third-order valence-corrected chi connectivity index (χ3v) is 6.01. The van der Waals surface area contributed by atoms with E-state index in [1.807, 2.05) is 28.7 Å². The summed E-state index contributed by atoms with van der Waals surface area (Å²) in [6.45, 7) is 4.55. The fourth-order valence-corrected chi connectivity index (χ4v) is 4.62. The van der Waals surface area contributed by atoms with Gasteiger partial charge in [-0.05, 0) is 31.4 Å². The number of rotatable bonds is 3. The molecule has 9 heteroatoms. The van der Waals surface area contributed by atoms with Crippen molar-refractivity contribution in [2.24, 2.45) is 5.92 Å². The van der Waals surface area contributed by atoms with E-state index in [1.54, 1.807) is 22.9 Å². The van der Waals surface area contributed by atoms with Gasteiger partial charge in [-0.1, -0.05) is 0 Å². The zero-order valence-corrected chi connectivity index (χ0v) is 16.7. The number of nitrogen functional groups attached to an aromatic ring is 1. The Morgan fingerprint density at radius 2 is 2.07 bits per heavy atom. The van der Waals surface area contributed by atoms with Crippen LogP contribution >= 0.6 is 0 Å². The summed E-state index contributed by atoms with van der Waals surface area (Å²) in [4.78, 5) is 35.9. The van der Waals surface area contributed by atoms with E-state index in [9.17, 15) is 9.59 Å². The molecule has 1 fully saturated rings. The van der Waals surface area contributed by atoms with Gasteiger partial charge in [-0.15, -0.1) is 0 Å². The highest BCUT2D eigenvalue weighted by Gasteiger charge is 2.37. The minimum absolute atomic E-state index is 0.0455. The summed E-state index contributed by atoms with van der Waals surface area (Å²) >= 11 is 0. The molecular formula is C21H23N7O2. The quantitative estimate of drug-likeness (QED) is 0.704. The van der Waals surface area contributed by atoms with Crippen molar-refractivity contribution in [3.63, 3.8) is 0 Å². The lowest BCUT2D eigenvalue weighted by atomic mass is 9.82. The number of aryl methyl sites for hydroxylation is 1. The van der Waals surface area contributed by atoms with Crippen molar-refractivity contribution in [3.8, 4) is 11.3 Å². The van der Waals surface area contributed by atoms with Crippen molar-refractivity contribution in [1.82, 2.24) is 29.2 Å². The molecule has 1 saturated heterocycles. The van der Waals surface area contributed by atoms with Crippen LogP contribution in [0.2, 0.25) is 0 Å². The SMILES string of the molecule is CCn1ccc(C(=O)N2C[C@@H]3C[C@H](C2)c2cc(-c4cc(N)ncn4)cc(=O)n2C3)n1. The molecular weight excluding hydrogens is 382 g/mol. The van der Waals surface area contributed by atoms with Gasteiger partial charge >= 0.3 is 0 Å². The third-order valence-electron chi connectivity index (χ3n) is 6.01. The van der Waals surface area contributed by atoms with Gasteiger partial charge in [0.15, 0.2) is 0 Å². The van der Waals surface area contributed by atoms with Crippen LogP contribution in [0, 0.1) is 5.92 Å². The molecule has 5 heterocycles. The molecule has 30 heavy (non-hydrogen) atoms. The Labute approximate surface area is 173 Å². The number of amides is 1. The van der Waals surface area contributed by atoms with Crippen molar-refractivity contribution in [2.45, 2.75) is 32.4 Å². The minimum Gasteiger partial charge on any atom is -0.384 e. The van der Waals surface area contributed by atoms with Gasteiger partial charge in [-0.2, -0.15) is 5.10 Å². The van der Waals surface area contributed by atoms with Crippen molar-refractivity contribution < 1.29 is 4.79 Å². The number of pyridine rings is 1. The Balaban J connectivity index is 1.47. The average molecular weight is 405 g/mol. The van der Waals surface area contributed by atoms with Crippen LogP contribution in [0.4, 0.5) is 5.82 Å². The molecule has 0 unspecified atom stereocenters. The number of nitrogens with zero attached hydrogens (tertiary/aromatic N) is 6. The third kappa shape index (κ3) is 3.16. The number of nitrogens with two attached hydrogens (primary N) is 1. The van der Waals surface area contributed by atoms with E-state index in [-0.39, 0.29) is 23.3 Å². The monoisotopic (exact) mass is 405 g/mol. The van der Waals surface area contributed by atoms with E-state index in [0.29, 0.717) is 36.8 Å². The second-order valence-corrected chi connectivity index (χ2v) is 8.01. The number of carbonyl (C=O) groups excluding carboxylic acids is 1. The Hall–Kier alpha value is -3.49. The molecule has 2 bridgehead atoms. The zero-order valence-electron chi connectivity index (χ0n) is 16.7. The number of carbonyl (C=O) groups is 1. The number of piperidine rings is 1. The van der Waals surface area contributed by atoms with Gasteiger partial charge in [0.2, 0.25) is 0 Å². The lowest BCUT2D eigenvalue weighted by molar-refractivity contribution is 0.0588. The number of fused-ring (bicyclic) bond motifs is 4. The lowest BCUT2D eigenvalue weighted by Gasteiger charge is -2.42. The van der Waals surface area contributed by atoms with E-state index in [4.69, 9.17) is 5.73 Å². The Kier molecular flexibility index (Phi) is 4.38. The number of hydrogen-bond donors (Lipinski definition) is 1. The van der Waals surface area contributed by atoms with Gasteiger partial charge in [0.1, 0.15) is 17.8 Å². The summed E-state index contributed by atoms with van der Waals surface area (Å²) in [6, 6.07) is 7.04. The molecule has 0 aliphatic carbocycles. The van der Waals surface area contributed by atoms with E-state index >= 15 is 0 Å². The second-order valence-electron chi connectivity index (χ2n) is 8.01. The lowest BCUT2D eigenvalue weighted by Crippen LogP contribution is -2.49. The van der Waals surface area contributed by atoms with Gasteiger partial charge in [0.05, 0.1) is 5.69 Å². The summed E-state index contributed by atoms with van der Waals surface area (Å²) in [5, 5.41) is 4.36. The standard InChI is InChI=1S/C21H23N7O2/c1-2-27-4-3-16(25-27)21(30)26-9-13-5-15(11-26)18-6-14(7-20(29)28(18)10-13)17-8-19(22)24-12-23-17/h3-4,6-8,12-13,15H,2,5,9-11H2,1H3,(H2,22,23,24)/t13-,15+/m0/s1. The molecule has 3 aromatic heterocycles. The predicted molar refractivity (Wildman–Crippen MR) is 111 cm³/mol. The molecule has 3 aromatic rings.